The average molecular weight is 512 g/mol. The number of nitrogens with zero attached hydrogens (tertiary/aromatic N) is 4. The van der Waals surface area contributed by atoms with Gasteiger partial charge < -0.3 is 20.1 Å². The first-order valence-electron chi connectivity index (χ1n) is 13.6. The van der Waals surface area contributed by atoms with E-state index in [4.69, 9.17) is 4.74 Å². The first-order chi connectivity index (χ1) is 18.5. The highest BCUT2D eigenvalue weighted by molar-refractivity contribution is 5.98. The minimum Gasteiger partial charge on any atom is -0.494 e. The Kier molecular flexibility index (Phi) is 5.54. The number of aliphatic hydroxyl groups is 1. The number of methoxy groups -OCH3 is 1. The molecule has 0 radical (unpaired) electrons. The van der Waals surface area contributed by atoms with Crippen molar-refractivity contribution in [1.82, 2.24) is 15.3 Å². The largest absolute Gasteiger partial charge is 0.494 e. The van der Waals surface area contributed by atoms with Gasteiger partial charge in [-0.15, -0.1) is 0 Å². The Morgan fingerprint density at radius 1 is 0.974 bits per heavy atom. The van der Waals surface area contributed by atoms with Crippen molar-refractivity contribution in [1.29, 1.82) is 0 Å². The van der Waals surface area contributed by atoms with E-state index in [0.717, 1.165) is 54.7 Å². The molecule has 0 saturated heterocycles. The second-order valence-electron chi connectivity index (χ2n) is 11.5. The molecule has 3 unspecified atom stereocenters. The van der Waals surface area contributed by atoms with E-state index in [2.05, 4.69) is 38.4 Å². The van der Waals surface area contributed by atoms with Crippen LogP contribution in [0.15, 0.2) is 60.9 Å². The second kappa shape index (κ2) is 8.98. The van der Waals surface area contributed by atoms with Gasteiger partial charge in [0.05, 0.1) is 36.5 Å². The highest BCUT2D eigenvalue weighted by Crippen LogP contribution is 2.55. The average Bonchev–Trinajstić information content (AvgIpc) is 2.93. The lowest BCUT2D eigenvalue weighted by Gasteiger charge is -2.58. The number of nitrogens with one attached hydrogen (secondary N) is 1. The summed E-state index contributed by atoms with van der Waals surface area (Å²) in [5, 5.41) is 14.3. The molecule has 8 nitrogen and oxygen atoms in total. The van der Waals surface area contributed by atoms with Gasteiger partial charge in [-0.3, -0.25) is 4.90 Å². The van der Waals surface area contributed by atoms with Crippen molar-refractivity contribution in [2.75, 3.05) is 30.0 Å². The molecule has 2 amide bonds. The van der Waals surface area contributed by atoms with Gasteiger partial charge in [0.15, 0.2) is 11.6 Å². The van der Waals surface area contributed by atoms with Crippen molar-refractivity contribution in [2.24, 2.45) is 17.8 Å². The first-order valence-corrected chi connectivity index (χ1v) is 13.6. The molecule has 8 rings (SSSR count). The summed E-state index contributed by atoms with van der Waals surface area (Å²) in [6, 6.07) is 16.5. The fraction of sp³-hybridized carbons (Fsp3) is 0.433. The molecule has 1 aromatic heterocycles. The van der Waals surface area contributed by atoms with Gasteiger partial charge in [0, 0.05) is 30.4 Å². The molecule has 5 atom stereocenters. The van der Waals surface area contributed by atoms with Crippen molar-refractivity contribution in [2.45, 2.75) is 43.7 Å². The topological polar surface area (TPSA) is 90.8 Å². The van der Waals surface area contributed by atoms with Crippen molar-refractivity contribution in [3.8, 4) is 17.1 Å². The zero-order valence-corrected chi connectivity index (χ0v) is 21.6. The Hall–Kier alpha value is -3.65. The summed E-state index contributed by atoms with van der Waals surface area (Å²) < 4.78 is 5.16. The Labute approximate surface area is 222 Å². The number of anilines is 3. The third kappa shape index (κ3) is 3.98. The molecule has 4 bridgehead atoms. The standard InChI is InChI=1S/C30H33N5O3/c1-38-24-17-31-28(32-18-24)20-6-8-23(9-7-20)34-10-11-35(26-5-3-2-4-25(26)34)29(36)33-27-21-12-19-13-22(27)16-30(37,14-19)15-21/h2-9,17-19,21-22,27,37H,10-16H2,1H3,(H,33,36)/t19?,21-,22+,27?,30?. The minimum absolute atomic E-state index is 0.0198. The molecule has 0 spiro atoms. The maximum Gasteiger partial charge on any atom is 0.322 e. The molecule has 3 aromatic rings. The molecule has 4 fully saturated rings. The molecule has 38 heavy (non-hydrogen) atoms. The Morgan fingerprint density at radius 2 is 1.66 bits per heavy atom. The van der Waals surface area contributed by atoms with E-state index in [-0.39, 0.29) is 12.1 Å². The van der Waals surface area contributed by atoms with Crippen molar-refractivity contribution in [3.05, 3.63) is 60.9 Å². The van der Waals surface area contributed by atoms with Crippen molar-refractivity contribution < 1.29 is 14.6 Å². The number of carbonyl (C=O) groups excluding carboxylic acids is 1. The third-order valence-electron chi connectivity index (χ3n) is 9.09. The molecular weight excluding hydrogens is 478 g/mol. The maximum atomic E-state index is 13.6. The molecule has 2 aromatic carbocycles. The van der Waals surface area contributed by atoms with Crippen LogP contribution in [-0.4, -0.2) is 52.9 Å². The minimum atomic E-state index is -0.495. The molecule has 5 aliphatic rings. The number of para-hydroxylation sites is 2. The van der Waals surface area contributed by atoms with Crippen LogP contribution in [0.1, 0.15) is 32.1 Å². The van der Waals surface area contributed by atoms with E-state index in [1.165, 1.54) is 0 Å². The van der Waals surface area contributed by atoms with Gasteiger partial charge in [-0.1, -0.05) is 12.1 Å². The van der Waals surface area contributed by atoms with Crippen LogP contribution >= 0.6 is 0 Å². The number of fused-ring (bicyclic) bond motifs is 1. The highest BCUT2D eigenvalue weighted by Gasteiger charge is 2.55. The van der Waals surface area contributed by atoms with Crippen LogP contribution in [0.5, 0.6) is 5.75 Å². The summed E-state index contributed by atoms with van der Waals surface area (Å²) in [7, 11) is 1.60. The normalized spacial score (nSPS) is 29.2. The van der Waals surface area contributed by atoms with Crippen LogP contribution < -0.4 is 19.9 Å². The van der Waals surface area contributed by atoms with Crippen LogP contribution in [0.3, 0.4) is 0 Å². The fourth-order valence-corrected chi connectivity index (χ4v) is 7.64. The molecular formula is C30H33N5O3. The van der Waals surface area contributed by atoms with Crippen LogP contribution in [-0.2, 0) is 0 Å². The highest BCUT2D eigenvalue weighted by atomic mass is 16.5. The summed E-state index contributed by atoms with van der Waals surface area (Å²) in [5.74, 6) is 2.68. The van der Waals surface area contributed by atoms with Crippen LogP contribution in [0, 0.1) is 17.8 Å². The quantitative estimate of drug-likeness (QED) is 0.525. The molecule has 1 aliphatic heterocycles. The Bertz CT molecular complexity index is 1330. The lowest BCUT2D eigenvalue weighted by atomic mass is 9.52. The number of amides is 2. The number of carbonyl (C=O) groups is 1. The Balaban J connectivity index is 1.09. The maximum absolute atomic E-state index is 13.6. The third-order valence-corrected chi connectivity index (χ3v) is 9.09. The van der Waals surface area contributed by atoms with E-state index in [9.17, 15) is 9.90 Å². The number of hydrogen-bond acceptors (Lipinski definition) is 6. The van der Waals surface area contributed by atoms with Crippen LogP contribution in [0.4, 0.5) is 21.9 Å². The monoisotopic (exact) mass is 511 g/mol. The summed E-state index contributed by atoms with van der Waals surface area (Å²) in [6.07, 6.45) is 8.20. The van der Waals surface area contributed by atoms with Gasteiger partial charge in [0.2, 0.25) is 0 Å². The summed E-state index contributed by atoms with van der Waals surface area (Å²) >= 11 is 0. The van der Waals surface area contributed by atoms with Crippen molar-refractivity contribution in [3.63, 3.8) is 0 Å². The summed E-state index contributed by atoms with van der Waals surface area (Å²) in [5.41, 5.74) is 3.43. The first kappa shape index (κ1) is 23.5. The number of urea groups is 1. The summed E-state index contributed by atoms with van der Waals surface area (Å²) in [6.45, 7) is 1.29. The fourth-order valence-electron chi connectivity index (χ4n) is 7.64. The lowest BCUT2D eigenvalue weighted by Crippen LogP contribution is -2.63. The molecule has 4 saturated carbocycles. The zero-order chi connectivity index (χ0) is 25.9. The van der Waals surface area contributed by atoms with E-state index in [1.807, 2.05) is 35.2 Å². The van der Waals surface area contributed by atoms with E-state index < -0.39 is 5.60 Å². The number of rotatable bonds is 4. The Morgan fingerprint density at radius 3 is 2.32 bits per heavy atom. The molecule has 2 heterocycles. The molecule has 196 valence electrons. The molecule has 2 N–H and O–H groups in total. The van der Waals surface area contributed by atoms with Gasteiger partial charge >= 0.3 is 6.03 Å². The predicted octanol–water partition coefficient (Wildman–Crippen LogP) is 4.76. The molecule has 8 heteroatoms. The van der Waals surface area contributed by atoms with Gasteiger partial charge in [0.25, 0.3) is 0 Å². The van der Waals surface area contributed by atoms with Gasteiger partial charge in [-0.05, 0) is 86.3 Å². The van der Waals surface area contributed by atoms with E-state index in [1.54, 1.807) is 19.5 Å². The number of hydrogen-bond donors (Lipinski definition) is 2. The van der Waals surface area contributed by atoms with Crippen molar-refractivity contribution >= 4 is 23.1 Å². The smallest absolute Gasteiger partial charge is 0.322 e. The van der Waals surface area contributed by atoms with Gasteiger partial charge in [-0.2, -0.15) is 0 Å². The SMILES string of the molecule is COc1cnc(-c2ccc(N3CCN(C(=O)NC4[C@@H]5CC6C[C@H]4CC(O)(C6)C5)c4ccccc43)cc2)nc1. The predicted molar refractivity (Wildman–Crippen MR) is 146 cm³/mol. The number of benzene rings is 2. The number of aromatic nitrogens is 2. The second-order valence-corrected chi connectivity index (χ2v) is 11.5. The number of ether oxygens (including phenoxy) is 1. The zero-order valence-electron chi connectivity index (χ0n) is 21.6. The van der Waals surface area contributed by atoms with E-state index in [0.29, 0.717) is 42.4 Å². The molecule has 4 aliphatic carbocycles. The van der Waals surface area contributed by atoms with E-state index >= 15 is 0 Å². The lowest BCUT2D eigenvalue weighted by molar-refractivity contribution is -0.136. The van der Waals surface area contributed by atoms with Gasteiger partial charge in [-0.25, -0.2) is 14.8 Å². The van der Waals surface area contributed by atoms with Gasteiger partial charge in [0.1, 0.15) is 0 Å². The van der Waals surface area contributed by atoms with Crippen LogP contribution in [0.25, 0.3) is 11.4 Å². The van der Waals surface area contributed by atoms with Crippen LogP contribution in [0.2, 0.25) is 0 Å². The summed E-state index contributed by atoms with van der Waals surface area (Å²) in [4.78, 5) is 26.6.